The van der Waals surface area contributed by atoms with Crippen LogP contribution >= 0.6 is 0 Å². The Labute approximate surface area is 155 Å². The van der Waals surface area contributed by atoms with Crippen LogP contribution in [-0.4, -0.2) is 15.0 Å². The molecule has 0 saturated heterocycles. The Kier molecular flexibility index (Phi) is 5.17. The van der Waals surface area contributed by atoms with Crippen molar-refractivity contribution in [2.75, 3.05) is 0 Å². The van der Waals surface area contributed by atoms with Crippen molar-refractivity contribution in [1.82, 2.24) is 9.13 Å². The second kappa shape index (κ2) is 7.70. The van der Waals surface area contributed by atoms with Crippen LogP contribution in [0.4, 0.5) is 0 Å². The molecule has 0 bridgehead atoms. The van der Waals surface area contributed by atoms with Crippen molar-refractivity contribution in [3.8, 4) is 0 Å². The molecule has 6 heteroatoms. The summed E-state index contributed by atoms with van der Waals surface area (Å²) in [4.78, 5) is 37.5. The van der Waals surface area contributed by atoms with E-state index in [1.165, 1.54) is 11.6 Å². The summed E-state index contributed by atoms with van der Waals surface area (Å²) in [6.45, 7) is -0.372. The summed E-state index contributed by atoms with van der Waals surface area (Å²) in [5.41, 5.74) is 5.99. The minimum Gasteiger partial charge on any atom is -0.368 e. The Hall–Kier alpha value is -3.67. The molecule has 0 spiro atoms. The Morgan fingerprint density at radius 3 is 1.81 bits per heavy atom. The lowest BCUT2D eigenvalue weighted by Gasteiger charge is -2.08. The standard InChI is InChI=1S/C21H19N3O3/c1-23-17(12-15-8-4-2-5-9-15)21(27)24(14-19(22)25)18(20(23)26)13-16-10-6-3-7-11-16/h2-13H,14H2,1H3,(H2,22,25). The van der Waals surface area contributed by atoms with Crippen LogP contribution in [-0.2, 0) is 18.4 Å². The van der Waals surface area contributed by atoms with E-state index in [-0.39, 0.29) is 22.8 Å². The summed E-state index contributed by atoms with van der Waals surface area (Å²) in [5, 5.41) is 0.287. The van der Waals surface area contributed by atoms with Gasteiger partial charge in [0.1, 0.15) is 17.2 Å². The Balaban J connectivity index is 2.39. The lowest BCUT2D eigenvalue weighted by atomic mass is 10.2. The number of nitrogens with two attached hydrogens (primary N) is 1. The maximum Gasteiger partial charge on any atom is 0.275 e. The zero-order chi connectivity index (χ0) is 19.4. The number of aromatic nitrogens is 2. The molecule has 1 amide bonds. The summed E-state index contributed by atoms with van der Waals surface area (Å²) >= 11 is 0. The van der Waals surface area contributed by atoms with E-state index >= 15 is 0 Å². The van der Waals surface area contributed by atoms with Gasteiger partial charge in [-0.25, -0.2) is 0 Å². The van der Waals surface area contributed by atoms with Gasteiger partial charge in [0, 0.05) is 7.05 Å². The number of benzene rings is 2. The van der Waals surface area contributed by atoms with Gasteiger partial charge < -0.3 is 10.3 Å². The van der Waals surface area contributed by atoms with Gasteiger partial charge in [-0.3, -0.25) is 19.0 Å². The van der Waals surface area contributed by atoms with Crippen molar-refractivity contribution in [2.24, 2.45) is 12.8 Å². The minimum atomic E-state index is -0.696. The second-order valence-corrected chi connectivity index (χ2v) is 6.10. The zero-order valence-electron chi connectivity index (χ0n) is 14.8. The van der Waals surface area contributed by atoms with Gasteiger partial charge in [0.2, 0.25) is 5.91 Å². The summed E-state index contributed by atoms with van der Waals surface area (Å²) in [7, 11) is 1.54. The van der Waals surface area contributed by atoms with E-state index in [0.717, 1.165) is 15.7 Å². The fourth-order valence-corrected chi connectivity index (χ4v) is 2.81. The largest absolute Gasteiger partial charge is 0.368 e. The van der Waals surface area contributed by atoms with E-state index in [9.17, 15) is 14.4 Å². The number of hydrogen-bond donors (Lipinski definition) is 1. The van der Waals surface area contributed by atoms with Crippen molar-refractivity contribution < 1.29 is 4.79 Å². The predicted molar refractivity (Wildman–Crippen MR) is 104 cm³/mol. The SMILES string of the molecule is Cn1c(=O)c(=Cc2ccccc2)n(CC(N)=O)c(=O)c1=Cc1ccccc1. The van der Waals surface area contributed by atoms with E-state index in [4.69, 9.17) is 5.73 Å². The first-order valence-corrected chi connectivity index (χ1v) is 8.39. The van der Waals surface area contributed by atoms with Crippen LogP contribution in [0.2, 0.25) is 0 Å². The van der Waals surface area contributed by atoms with Crippen molar-refractivity contribution in [2.45, 2.75) is 6.54 Å². The fraction of sp³-hybridized carbons (Fsp3) is 0.0952. The molecule has 0 aliphatic heterocycles. The average Bonchev–Trinajstić information content (AvgIpc) is 2.67. The Bertz CT molecular complexity index is 1210. The molecule has 6 nitrogen and oxygen atoms in total. The molecule has 2 aromatic carbocycles. The predicted octanol–water partition coefficient (Wildman–Crippen LogP) is -0.310. The number of amides is 1. The van der Waals surface area contributed by atoms with Crippen molar-refractivity contribution >= 4 is 18.1 Å². The van der Waals surface area contributed by atoms with Crippen LogP contribution in [0.3, 0.4) is 0 Å². The lowest BCUT2D eigenvalue weighted by molar-refractivity contribution is -0.118. The van der Waals surface area contributed by atoms with Crippen LogP contribution in [0.15, 0.2) is 70.3 Å². The van der Waals surface area contributed by atoms with Crippen LogP contribution in [0.25, 0.3) is 12.2 Å². The lowest BCUT2D eigenvalue weighted by Crippen LogP contribution is -2.58. The van der Waals surface area contributed by atoms with Gasteiger partial charge in [0.15, 0.2) is 0 Å². The van der Waals surface area contributed by atoms with Crippen molar-refractivity contribution in [3.63, 3.8) is 0 Å². The Morgan fingerprint density at radius 1 is 0.852 bits per heavy atom. The molecule has 1 heterocycles. The van der Waals surface area contributed by atoms with Gasteiger partial charge in [0.25, 0.3) is 11.1 Å². The second-order valence-electron chi connectivity index (χ2n) is 6.10. The molecular weight excluding hydrogens is 342 g/mol. The molecule has 0 radical (unpaired) electrons. The van der Waals surface area contributed by atoms with Gasteiger partial charge >= 0.3 is 0 Å². The highest BCUT2D eigenvalue weighted by molar-refractivity contribution is 5.73. The molecule has 0 saturated carbocycles. The fourth-order valence-electron chi connectivity index (χ4n) is 2.81. The van der Waals surface area contributed by atoms with E-state index in [2.05, 4.69) is 0 Å². The number of rotatable bonds is 4. The third-order valence-corrected chi connectivity index (χ3v) is 4.16. The first-order valence-electron chi connectivity index (χ1n) is 8.39. The topological polar surface area (TPSA) is 87.1 Å². The molecule has 136 valence electrons. The highest BCUT2D eigenvalue weighted by Gasteiger charge is 2.10. The van der Waals surface area contributed by atoms with Crippen molar-refractivity contribution in [3.05, 3.63) is 103 Å². The van der Waals surface area contributed by atoms with Gasteiger partial charge in [-0.05, 0) is 23.3 Å². The number of primary amides is 1. The molecule has 0 atom stereocenters. The van der Waals surface area contributed by atoms with Crippen LogP contribution < -0.4 is 27.6 Å². The molecular formula is C21H19N3O3. The first kappa shape index (κ1) is 18.1. The van der Waals surface area contributed by atoms with E-state index in [1.54, 1.807) is 12.2 Å². The molecule has 0 unspecified atom stereocenters. The first-order chi connectivity index (χ1) is 13.0. The van der Waals surface area contributed by atoms with Gasteiger partial charge in [-0.1, -0.05) is 60.7 Å². The van der Waals surface area contributed by atoms with Gasteiger partial charge in [0.05, 0.1) is 0 Å². The number of carbonyl (C=O) groups is 1. The van der Waals surface area contributed by atoms with E-state index in [0.29, 0.717) is 0 Å². The molecule has 27 heavy (non-hydrogen) atoms. The molecule has 0 fully saturated rings. The maximum absolute atomic E-state index is 13.0. The molecule has 2 N–H and O–H groups in total. The zero-order valence-corrected chi connectivity index (χ0v) is 14.8. The minimum absolute atomic E-state index is 0.109. The number of hydrogen-bond acceptors (Lipinski definition) is 3. The highest BCUT2D eigenvalue weighted by Crippen LogP contribution is 1.98. The molecule has 3 rings (SSSR count). The summed E-state index contributed by atoms with van der Waals surface area (Å²) < 4.78 is 2.42. The third-order valence-electron chi connectivity index (χ3n) is 4.16. The van der Waals surface area contributed by atoms with Gasteiger partial charge in [-0.15, -0.1) is 0 Å². The normalized spacial score (nSPS) is 12.3. The monoisotopic (exact) mass is 361 g/mol. The number of nitrogens with zero attached hydrogens (tertiary/aromatic N) is 2. The van der Waals surface area contributed by atoms with Crippen LogP contribution in [0.5, 0.6) is 0 Å². The number of carbonyl (C=O) groups excluding carboxylic acids is 1. The maximum atomic E-state index is 13.0. The smallest absolute Gasteiger partial charge is 0.275 e. The van der Waals surface area contributed by atoms with E-state index < -0.39 is 11.5 Å². The summed E-state index contributed by atoms with van der Waals surface area (Å²) in [5.74, 6) is -0.696. The van der Waals surface area contributed by atoms with E-state index in [1.807, 2.05) is 60.7 Å². The molecule has 0 aliphatic rings. The molecule has 0 aliphatic carbocycles. The average molecular weight is 361 g/mol. The van der Waals surface area contributed by atoms with Gasteiger partial charge in [-0.2, -0.15) is 0 Å². The van der Waals surface area contributed by atoms with Crippen molar-refractivity contribution in [1.29, 1.82) is 0 Å². The van der Waals surface area contributed by atoms with Crippen LogP contribution in [0, 0.1) is 0 Å². The summed E-state index contributed by atoms with van der Waals surface area (Å²) in [6.07, 6.45) is 3.20. The molecule has 3 aromatic rings. The quantitative estimate of drug-likeness (QED) is 0.692. The Morgan fingerprint density at radius 2 is 1.33 bits per heavy atom. The molecule has 1 aromatic heterocycles. The highest BCUT2D eigenvalue weighted by atomic mass is 16.2. The van der Waals surface area contributed by atoms with Crippen LogP contribution in [0.1, 0.15) is 11.1 Å². The summed E-state index contributed by atoms with van der Waals surface area (Å²) in [6, 6.07) is 18.3. The third kappa shape index (κ3) is 3.95.